The molecule has 1 aromatic heterocycles. The van der Waals surface area contributed by atoms with Gasteiger partial charge in [-0.1, -0.05) is 12.1 Å². The third-order valence-electron chi connectivity index (χ3n) is 3.10. The lowest BCUT2D eigenvalue weighted by atomic mass is 10.1. The van der Waals surface area contributed by atoms with Gasteiger partial charge in [0.25, 0.3) is 0 Å². The van der Waals surface area contributed by atoms with Gasteiger partial charge in [-0.2, -0.15) is 0 Å². The number of thiocarbonyl (C=S) groups is 1. The first-order valence-corrected chi connectivity index (χ1v) is 8.15. The summed E-state index contributed by atoms with van der Waals surface area (Å²) in [5.74, 6) is 1.49. The number of anilines is 1. The quantitative estimate of drug-likeness (QED) is 0.577. The number of nitrogens with zero attached hydrogens (tertiary/aromatic N) is 1. The van der Waals surface area contributed by atoms with Crippen LogP contribution in [-0.2, 0) is 11.2 Å². The fourth-order valence-corrected chi connectivity index (χ4v) is 2.43. The summed E-state index contributed by atoms with van der Waals surface area (Å²) in [6, 6.07) is 11.6. The molecule has 0 saturated carbocycles. The molecule has 0 bridgehead atoms. The number of ether oxygens (including phenoxy) is 2. The first kappa shape index (κ1) is 17.7. The van der Waals surface area contributed by atoms with Gasteiger partial charge in [0.1, 0.15) is 17.8 Å². The SMILES string of the molecule is COc1cccc(CC(NC(=S)Nc2ccc(Br)cn2)OC)c1. The highest BCUT2D eigenvalue weighted by Gasteiger charge is 2.11. The monoisotopic (exact) mass is 395 g/mol. The van der Waals surface area contributed by atoms with Gasteiger partial charge in [-0.25, -0.2) is 4.98 Å². The van der Waals surface area contributed by atoms with Crippen LogP contribution in [0.1, 0.15) is 5.56 Å². The lowest BCUT2D eigenvalue weighted by Gasteiger charge is -2.19. The average molecular weight is 396 g/mol. The highest BCUT2D eigenvalue weighted by Crippen LogP contribution is 2.14. The highest BCUT2D eigenvalue weighted by molar-refractivity contribution is 9.10. The van der Waals surface area contributed by atoms with Crippen molar-refractivity contribution in [1.29, 1.82) is 0 Å². The van der Waals surface area contributed by atoms with Gasteiger partial charge in [0.05, 0.1) is 7.11 Å². The second kappa shape index (κ2) is 8.81. The average Bonchev–Trinajstić information content (AvgIpc) is 2.56. The number of halogens is 1. The molecule has 1 atom stereocenters. The molecule has 0 radical (unpaired) electrons. The second-order valence-electron chi connectivity index (χ2n) is 4.74. The zero-order valence-corrected chi connectivity index (χ0v) is 15.3. The Morgan fingerprint density at radius 2 is 2.13 bits per heavy atom. The Morgan fingerprint density at radius 3 is 2.78 bits per heavy atom. The lowest BCUT2D eigenvalue weighted by molar-refractivity contribution is 0.0917. The predicted octanol–water partition coefficient (Wildman–Crippen LogP) is 3.35. The molecule has 0 aliphatic carbocycles. The molecule has 2 N–H and O–H groups in total. The van der Waals surface area contributed by atoms with Crippen molar-refractivity contribution in [3.05, 3.63) is 52.6 Å². The van der Waals surface area contributed by atoms with Crippen LogP contribution >= 0.6 is 28.1 Å². The Bertz CT molecular complexity index is 652. The van der Waals surface area contributed by atoms with Crippen LogP contribution in [0.5, 0.6) is 5.75 Å². The van der Waals surface area contributed by atoms with Gasteiger partial charge in [-0.3, -0.25) is 0 Å². The summed E-state index contributed by atoms with van der Waals surface area (Å²) < 4.78 is 11.6. The molecule has 122 valence electrons. The van der Waals surface area contributed by atoms with Gasteiger partial charge >= 0.3 is 0 Å². The molecule has 0 spiro atoms. The first-order chi connectivity index (χ1) is 11.1. The van der Waals surface area contributed by atoms with Crippen molar-refractivity contribution in [1.82, 2.24) is 10.3 Å². The third-order valence-corrected chi connectivity index (χ3v) is 3.79. The van der Waals surface area contributed by atoms with Crippen molar-refractivity contribution in [2.75, 3.05) is 19.5 Å². The highest BCUT2D eigenvalue weighted by atomic mass is 79.9. The van der Waals surface area contributed by atoms with E-state index in [9.17, 15) is 0 Å². The molecular weight excluding hydrogens is 378 g/mol. The zero-order chi connectivity index (χ0) is 16.7. The van der Waals surface area contributed by atoms with E-state index in [1.54, 1.807) is 20.4 Å². The van der Waals surface area contributed by atoms with E-state index in [1.165, 1.54) is 0 Å². The van der Waals surface area contributed by atoms with Crippen LogP contribution in [0.3, 0.4) is 0 Å². The number of hydrogen-bond donors (Lipinski definition) is 2. The Labute approximate surface area is 149 Å². The van der Waals surface area contributed by atoms with Crippen LogP contribution in [0.2, 0.25) is 0 Å². The minimum atomic E-state index is -0.252. The van der Waals surface area contributed by atoms with Crippen molar-refractivity contribution < 1.29 is 9.47 Å². The standard InChI is InChI=1S/C16H18BrN3O2S/c1-21-13-5-3-4-11(8-13)9-15(22-2)20-16(23)19-14-7-6-12(17)10-18-14/h3-8,10,15H,9H2,1-2H3,(H2,18,19,20,23). The number of benzene rings is 1. The summed E-state index contributed by atoms with van der Waals surface area (Å²) in [4.78, 5) is 4.22. The molecule has 0 aliphatic rings. The molecule has 0 fully saturated rings. The van der Waals surface area contributed by atoms with Crippen LogP contribution in [0, 0.1) is 0 Å². The van der Waals surface area contributed by atoms with Crippen LogP contribution in [0.25, 0.3) is 0 Å². The number of rotatable bonds is 6. The first-order valence-electron chi connectivity index (χ1n) is 6.95. The van der Waals surface area contributed by atoms with Crippen molar-refractivity contribution in [3.8, 4) is 5.75 Å². The molecular formula is C16H18BrN3O2S. The van der Waals surface area contributed by atoms with Crippen LogP contribution in [0.15, 0.2) is 47.1 Å². The number of nitrogens with one attached hydrogen (secondary N) is 2. The third kappa shape index (κ3) is 5.78. The lowest BCUT2D eigenvalue weighted by Crippen LogP contribution is -2.40. The molecule has 2 aromatic rings. The summed E-state index contributed by atoms with van der Waals surface area (Å²) in [6.45, 7) is 0. The summed E-state index contributed by atoms with van der Waals surface area (Å²) in [5, 5.41) is 6.60. The second-order valence-corrected chi connectivity index (χ2v) is 6.06. The molecule has 2 rings (SSSR count). The van der Waals surface area contributed by atoms with E-state index in [0.29, 0.717) is 17.4 Å². The van der Waals surface area contributed by atoms with Gasteiger partial charge in [-0.15, -0.1) is 0 Å². The molecule has 5 nitrogen and oxygen atoms in total. The van der Waals surface area contributed by atoms with Crippen LogP contribution in [-0.4, -0.2) is 30.5 Å². The van der Waals surface area contributed by atoms with Gasteiger partial charge < -0.3 is 20.1 Å². The Hall–Kier alpha value is -1.70. The van der Waals surface area contributed by atoms with E-state index in [1.807, 2.05) is 36.4 Å². The molecule has 0 aliphatic heterocycles. The maximum absolute atomic E-state index is 5.45. The number of hydrogen-bond acceptors (Lipinski definition) is 4. The zero-order valence-electron chi connectivity index (χ0n) is 12.9. The van der Waals surface area contributed by atoms with E-state index in [-0.39, 0.29) is 6.23 Å². The minimum absolute atomic E-state index is 0.252. The Kier molecular flexibility index (Phi) is 6.76. The minimum Gasteiger partial charge on any atom is -0.497 e. The maximum Gasteiger partial charge on any atom is 0.173 e. The van der Waals surface area contributed by atoms with E-state index < -0.39 is 0 Å². The number of pyridine rings is 1. The summed E-state index contributed by atoms with van der Waals surface area (Å²) in [7, 11) is 3.29. The normalized spacial score (nSPS) is 11.6. The van der Waals surface area contributed by atoms with E-state index in [0.717, 1.165) is 15.8 Å². The van der Waals surface area contributed by atoms with E-state index >= 15 is 0 Å². The van der Waals surface area contributed by atoms with Crippen molar-refractivity contribution >= 4 is 39.1 Å². The van der Waals surface area contributed by atoms with Crippen LogP contribution < -0.4 is 15.4 Å². The molecule has 23 heavy (non-hydrogen) atoms. The fourth-order valence-electron chi connectivity index (χ4n) is 1.96. The molecule has 0 amide bonds. The van der Waals surface area contributed by atoms with Gasteiger partial charge in [0, 0.05) is 24.2 Å². The number of aromatic nitrogens is 1. The molecule has 0 saturated heterocycles. The largest absolute Gasteiger partial charge is 0.497 e. The fraction of sp³-hybridized carbons (Fsp3) is 0.250. The molecule has 1 unspecified atom stereocenters. The summed E-state index contributed by atoms with van der Waals surface area (Å²) in [5.41, 5.74) is 1.09. The van der Waals surface area contributed by atoms with Gasteiger partial charge in [0.15, 0.2) is 5.11 Å². The molecule has 1 aromatic carbocycles. The Morgan fingerprint density at radius 1 is 1.30 bits per heavy atom. The maximum atomic E-state index is 5.45. The topological polar surface area (TPSA) is 55.4 Å². The van der Waals surface area contributed by atoms with Gasteiger partial charge in [-0.05, 0) is 58.0 Å². The van der Waals surface area contributed by atoms with Crippen LogP contribution in [0.4, 0.5) is 5.82 Å². The molecule has 7 heteroatoms. The van der Waals surface area contributed by atoms with E-state index in [4.69, 9.17) is 21.7 Å². The predicted molar refractivity (Wildman–Crippen MR) is 98.8 cm³/mol. The van der Waals surface area contributed by atoms with Crippen molar-refractivity contribution in [3.63, 3.8) is 0 Å². The molecule has 1 heterocycles. The van der Waals surface area contributed by atoms with Crippen molar-refractivity contribution in [2.45, 2.75) is 12.6 Å². The number of methoxy groups -OCH3 is 2. The van der Waals surface area contributed by atoms with Crippen molar-refractivity contribution in [2.24, 2.45) is 0 Å². The van der Waals surface area contributed by atoms with E-state index in [2.05, 4.69) is 31.5 Å². The smallest absolute Gasteiger partial charge is 0.173 e. The summed E-state index contributed by atoms with van der Waals surface area (Å²) in [6.07, 6.45) is 2.11. The summed E-state index contributed by atoms with van der Waals surface area (Å²) >= 11 is 8.64. The van der Waals surface area contributed by atoms with Gasteiger partial charge in [0.2, 0.25) is 0 Å². The Balaban J connectivity index is 1.92.